The maximum absolute atomic E-state index is 13.0. The molecule has 8 nitrogen and oxygen atoms in total. The molecule has 0 radical (unpaired) electrons. The van der Waals surface area contributed by atoms with Crippen molar-refractivity contribution in [2.75, 3.05) is 49.1 Å². The van der Waals surface area contributed by atoms with Crippen molar-refractivity contribution in [2.45, 2.75) is 13.3 Å². The molecule has 1 atom stereocenters. The fourth-order valence-corrected chi connectivity index (χ4v) is 3.85. The maximum atomic E-state index is 13.0. The van der Waals surface area contributed by atoms with Crippen LogP contribution in [0.4, 0.5) is 11.6 Å². The Balaban J connectivity index is 1.35. The van der Waals surface area contributed by atoms with E-state index in [2.05, 4.69) is 14.9 Å². The van der Waals surface area contributed by atoms with E-state index in [-0.39, 0.29) is 24.2 Å². The number of hydrogen-bond donors (Lipinski definition) is 0. The molecular weight excluding hydrogens is 370 g/mol. The highest BCUT2D eigenvalue weighted by atomic mass is 16.5. The molecule has 1 aromatic heterocycles. The molecular formula is C21H25N5O3. The molecule has 0 saturated carbocycles. The Kier molecular flexibility index (Phi) is 5.59. The first kappa shape index (κ1) is 19.2. The van der Waals surface area contributed by atoms with Crippen LogP contribution in [0.25, 0.3) is 0 Å². The molecule has 8 heteroatoms. The predicted molar refractivity (Wildman–Crippen MR) is 109 cm³/mol. The van der Waals surface area contributed by atoms with E-state index in [1.165, 1.54) is 0 Å². The molecule has 2 aromatic rings. The van der Waals surface area contributed by atoms with Gasteiger partial charge in [-0.2, -0.15) is 0 Å². The normalized spacial score (nSPS) is 19.6. The van der Waals surface area contributed by atoms with Crippen LogP contribution in [0, 0.1) is 5.92 Å². The number of nitrogens with zero attached hydrogens (tertiary/aromatic N) is 5. The highest BCUT2D eigenvalue weighted by Crippen LogP contribution is 2.28. The zero-order valence-electron chi connectivity index (χ0n) is 16.5. The third-order valence-electron chi connectivity index (χ3n) is 5.36. The number of benzene rings is 1. The van der Waals surface area contributed by atoms with Gasteiger partial charge in [0.15, 0.2) is 0 Å². The van der Waals surface area contributed by atoms with Gasteiger partial charge in [0.2, 0.25) is 17.8 Å². The van der Waals surface area contributed by atoms with Crippen LogP contribution in [-0.4, -0.2) is 66.0 Å². The van der Waals surface area contributed by atoms with Gasteiger partial charge in [-0.05, 0) is 37.3 Å². The lowest BCUT2D eigenvalue weighted by Crippen LogP contribution is -2.51. The lowest BCUT2D eigenvalue weighted by molar-refractivity contribution is -0.136. The number of piperazine rings is 1. The van der Waals surface area contributed by atoms with E-state index in [9.17, 15) is 9.59 Å². The Labute approximate surface area is 170 Å². The van der Waals surface area contributed by atoms with Crippen LogP contribution in [-0.2, 0) is 9.59 Å². The first-order chi connectivity index (χ1) is 14.2. The molecule has 152 valence electrons. The second kappa shape index (κ2) is 8.46. The van der Waals surface area contributed by atoms with Crippen molar-refractivity contribution in [1.29, 1.82) is 0 Å². The molecule has 4 rings (SSSR count). The first-order valence-electron chi connectivity index (χ1n) is 9.99. The summed E-state index contributed by atoms with van der Waals surface area (Å²) in [6.45, 7) is 5.57. The Hall–Kier alpha value is -3.16. The molecule has 1 unspecified atom stereocenters. The molecule has 2 amide bonds. The third kappa shape index (κ3) is 4.16. The lowest BCUT2D eigenvalue weighted by atomic mass is 10.1. The average Bonchev–Trinajstić information content (AvgIpc) is 3.16. The van der Waals surface area contributed by atoms with Crippen molar-refractivity contribution in [2.24, 2.45) is 5.92 Å². The van der Waals surface area contributed by atoms with Crippen LogP contribution >= 0.6 is 0 Å². The van der Waals surface area contributed by atoms with Crippen molar-refractivity contribution in [3.8, 4) is 5.75 Å². The minimum atomic E-state index is -0.298. The molecule has 0 spiro atoms. The summed E-state index contributed by atoms with van der Waals surface area (Å²) in [5, 5.41) is 0. The number of rotatable bonds is 5. The quantitative estimate of drug-likeness (QED) is 0.765. The summed E-state index contributed by atoms with van der Waals surface area (Å²) in [4.78, 5) is 39.7. The van der Waals surface area contributed by atoms with Crippen LogP contribution < -0.4 is 14.5 Å². The molecule has 1 aromatic carbocycles. The van der Waals surface area contributed by atoms with E-state index in [0.29, 0.717) is 45.3 Å². The molecule has 3 heterocycles. The van der Waals surface area contributed by atoms with Crippen LogP contribution in [0.5, 0.6) is 5.75 Å². The third-order valence-corrected chi connectivity index (χ3v) is 5.36. The Morgan fingerprint density at radius 3 is 2.45 bits per heavy atom. The summed E-state index contributed by atoms with van der Waals surface area (Å²) in [6, 6.07) is 9.23. The van der Waals surface area contributed by atoms with Gasteiger partial charge in [0.1, 0.15) is 5.75 Å². The summed E-state index contributed by atoms with van der Waals surface area (Å²) in [6.07, 6.45) is 3.70. The Morgan fingerprint density at radius 2 is 1.79 bits per heavy atom. The molecule has 2 aliphatic heterocycles. The highest BCUT2D eigenvalue weighted by molar-refractivity contribution is 6.00. The van der Waals surface area contributed by atoms with Crippen molar-refractivity contribution in [3.05, 3.63) is 42.7 Å². The van der Waals surface area contributed by atoms with E-state index in [0.717, 1.165) is 11.4 Å². The van der Waals surface area contributed by atoms with E-state index in [1.807, 2.05) is 36.1 Å². The molecule has 2 fully saturated rings. The Bertz CT molecular complexity index is 850. The van der Waals surface area contributed by atoms with E-state index >= 15 is 0 Å². The first-order valence-corrected chi connectivity index (χ1v) is 9.99. The number of hydrogen-bond acceptors (Lipinski definition) is 6. The Morgan fingerprint density at radius 1 is 1.10 bits per heavy atom. The predicted octanol–water partition coefficient (Wildman–Crippen LogP) is 1.58. The lowest BCUT2D eigenvalue weighted by Gasteiger charge is -2.35. The summed E-state index contributed by atoms with van der Waals surface area (Å²) in [7, 11) is 0. The molecule has 0 aliphatic carbocycles. The monoisotopic (exact) mass is 395 g/mol. The van der Waals surface area contributed by atoms with Gasteiger partial charge < -0.3 is 19.4 Å². The number of carbonyl (C=O) groups is 2. The maximum Gasteiger partial charge on any atom is 0.228 e. The van der Waals surface area contributed by atoms with Crippen LogP contribution in [0.3, 0.4) is 0 Å². The second-order valence-electron chi connectivity index (χ2n) is 7.19. The van der Waals surface area contributed by atoms with Crippen molar-refractivity contribution < 1.29 is 14.3 Å². The smallest absolute Gasteiger partial charge is 0.228 e. The minimum Gasteiger partial charge on any atom is -0.494 e. The summed E-state index contributed by atoms with van der Waals surface area (Å²) < 4.78 is 5.45. The standard InChI is InChI=1S/C21H25N5O3/c1-2-29-18-6-4-17(5-7-18)26-15-16(14-19(26)27)20(28)24-10-12-25(13-11-24)21-22-8-3-9-23-21/h3-9,16H,2,10-15H2,1H3. The fourth-order valence-electron chi connectivity index (χ4n) is 3.85. The van der Waals surface area contributed by atoms with E-state index in [1.54, 1.807) is 23.4 Å². The van der Waals surface area contributed by atoms with Crippen molar-refractivity contribution in [1.82, 2.24) is 14.9 Å². The number of ether oxygens (including phenoxy) is 1. The van der Waals surface area contributed by atoms with Crippen LogP contribution in [0.15, 0.2) is 42.7 Å². The largest absolute Gasteiger partial charge is 0.494 e. The number of aromatic nitrogens is 2. The number of anilines is 2. The molecule has 0 bridgehead atoms. The second-order valence-corrected chi connectivity index (χ2v) is 7.19. The zero-order chi connectivity index (χ0) is 20.2. The van der Waals surface area contributed by atoms with E-state index in [4.69, 9.17) is 4.74 Å². The van der Waals surface area contributed by atoms with Gasteiger partial charge in [0, 0.05) is 57.2 Å². The molecule has 2 aliphatic rings. The van der Waals surface area contributed by atoms with Crippen molar-refractivity contribution in [3.63, 3.8) is 0 Å². The number of carbonyl (C=O) groups excluding carboxylic acids is 2. The summed E-state index contributed by atoms with van der Waals surface area (Å²) in [5.74, 6) is 1.21. The van der Waals surface area contributed by atoms with E-state index < -0.39 is 0 Å². The average molecular weight is 395 g/mol. The highest BCUT2D eigenvalue weighted by Gasteiger charge is 2.38. The minimum absolute atomic E-state index is 0.0103. The molecule has 0 N–H and O–H groups in total. The summed E-state index contributed by atoms with van der Waals surface area (Å²) in [5.41, 5.74) is 0.805. The molecule has 29 heavy (non-hydrogen) atoms. The topological polar surface area (TPSA) is 78.9 Å². The van der Waals surface area contributed by atoms with Gasteiger partial charge in [0.25, 0.3) is 0 Å². The van der Waals surface area contributed by atoms with Gasteiger partial charge in [-0.3, -0.25) is 9.59 Å². The number of amides is 2. The molecule has 2 saturated heterocycles. The van der Waals surface area contributed by atoms with Gasteiger partial charge in [-0.15, -0.1) is 0 Å². The van der Waals surface area contributed by atoms with Gasteiger partial charge in [0.05, 0.1) is 12.5 Å². The van der Waals surface area contributed by atoms with Crippen molar-refractivity contribution >= 4 is 23.5 Å². The zero-order valence-corrected chi connectivity index (χ0v) is 16.5. The fraction of sp³-hybridized carbons (Fsp3) is 0.429. The van der Waals surface area contributed by atoms with Gasteiger partial charge in [-0.1, -0.05) is 0 Å². The summed E-state index contributed by atoms with van der Waals surface area (Å²) >= 11 is 0. The van der Waals surface area contributed by atoms with Crippen LogP contribution in [0.1, 0.15) is 13.3 Å². The van der Waals surface area contributed by atoms with Gasteiger partial charge in [-0.25, -0.2) is 9.97 Å². The van der Waals surface area contributed by atoms with Gasteiger partial charge >= 0.3 is 0 Å². The SMILES string of the molecule is CCOc1ccc(N2CC(C(=O)N3CCN(c4ncccn4)CC3)CC2=O)cc1. The van der Waals surface area contributed by atoms with Crippen LogP contribution in [0.2, 0.25) is 0 Å².